The second-order valence-electron chi connectivity index (χ2n) is 6.09. The van der Waals surface area contributed by atoms with Gasteiger partial charge in [0.25, 0.3) is 0 Å². The Kier molecular flexibility index (Phi) is 5.00. The summed E-state index contributed by atoms with van der Waals surface area (Å²) in [6.07, 6.45) is 1.06. The van der Waals surface area contributed by atoms with Gasteiger partial charge in [-0.15, -0.1) is 0 Å². The predicted octanol–water partition coefficient (Wildman–Crippen LogP) is 1.91. The zero-order valence-corrected chi connectivity index (χ0v) is 13.4. The van der Waals surface area contributed by atoms with Crippen LogP contribution in [0.25, 0.3) is 0 Å². The molecule has 6 heteroatoms. The molecule has 0 aliphatic carbocycles. The molecule has 1 aromatic rings. The fourth-order valence-corrected chi connectivity index (χ4v) is 3.03. The van der Waals surface area contributed by atoms with E-state index in [1.807, 2.05) is 11.8 Å². The molecule has 0 spiro atoms. The van der Waals surface area contributed by atoms with E-state index in [9.17, 15) is 9.18 Å². The maximum absolute atomic E-state index is 14.3. The van der Waals surface area contributed by atoms with Crippen molar-refractivity contribution in [2.75, 3.05) is 39.4 Å². The zero-order chi connectivity index (χ0) is 16.2. The molecule has 0 bridgehead atoms. The van der Waals surface area contributed by atoms with Gasteiger partial charge in [-0.2, -0.15) is 0 Å². The summed E-state index contributed by atoms with van der Waals surface area (Å²) < 4.78 is 25.2. The molecule has 2 heterocycles. The summed E-state index contributed by atoms with van der Waals surface area (Å²) >= 11 is 0. The molecule has 23 heavy (non-hydrogen) atoms. The first-order valence-corrected chi connectivity index (χ1v) is 8.22. The van der Waals surface area contributed by atoms with Gasteiger partial charge in [0.2, 0.25) is 5.91 Å². The number of nitrogens with zero attached hydrogens (tertiary/aromatic N) is 1. The lowest BCUT2D eigenvalue weighted by molar-refractivity contribution is -0.131. The number of hydrogen-bond donors (Lipinski definition) is 1. The van der Waals surface area contributed by atoms with Crippen molar-refractivity contribution in [1.29, 1.82) is 0 Å². The number of rotatable bonds is 4. The molecular weight excluding hydrogens is 299 g/mol. The maximum atomic E-state index is 14.3. The maximum Gasteiger partial charge on any atom is 0.222 e. The van der Waals surface area contributed by atoms with Crippen LogP contribution < -0.4 is 14.8 Å². The Morgan fingerprint density at radius 3 is 2.61 bits per heavy atom. The summed E-state index contributed by atoms with van der Waals surface area (Å²) in [6.45, 7) is 6.07. The van der Waals surface area contributed by atoms with E-state index in [4.69, 9.17) is 9.47 Å². The number of fused-ring (bicyclic) bond motifs is 1. The fourth-order valence-electron chi connectivity index (χ4n) is 3.03. The largest absolute Gasteiger partial charge is 0.486 e. The van der Waals surface area contributed by atoms with Crippen molar-refractivity contribution in [2.45, 2.75) is 25.7 Å². The van der Waals surface area contributed by atoms with Gasteiger partial charge in [0.1, 0.15) is 19.0 Å². The number of carbonyl (C=O) groups excluding carboxylic acids is 1. The highest BCUT2D eigenvalue weighted by Crippen LogP contribution is 2.36. The van der Waals surface area contributed by atoms with Crippen molar-refractivity contribution in [1.82, 2.24) is 10.2 Å². The monoisotopic (exact) mass is 322 g/mol. The first kappa shape index (κ1) is 16.1. The molecule has 1 atom stereocenters. The second-order valence-corrected chi connectivity index (χ2v) is 6.09. The second kappa shape index (κ2) is 7.17. The smallest absolute Gasteiger partial charge is 0.222 e. The van der Waals surface area contributed by atoms with Gasteiger partial charge in [0.15, 0.2) is 11.5 Å². The van der Waals surface area contributed by atoms with Gasteiger partial charge in [0, 0.05) is 38.7 Å². The van der Waals surface area contributed by atoms with E-state index >= 15 is 0 Å². The Balaban J connectivity index is 1.61. The van der Waals surface area contributed by atoms with Gasteiger partial charge < -0.3 is 19.7 Å². The van der Waals surface area contributed by atoms with Crippen LogP contribution in [0.5, 0.6) is 11.5 Å². The molecule has 2 aliphatic rings. The van der Waals surface area contributed by atoms with E-state index < -0.39 is 0 Å². The Bertz CT molecular complexity index is 573. The number of amides is 1. The van der Waals surface area contributed by atoms with Crippen molar-refractivity contribution in [3.63, 3.8) is 0 Å². The van der Waals surface area contributed by atoms with E-state index in [1.165, 1.54) is 6.07 Å². The molecule has 1 saturated heterocycles. The molecule has 0 aromatic heterocycles. The molecule has 126 valence electrons. The van der Waals surface area contributed by atoms with Gasteiger partial charge in [-0.25, -0.2) is 4.39 Å². The van der Waals surface area contributed by atoms with Crippen LogP contribution >= 0.6 is 0 Å². The highest BCUT2D eigenvalue weighted by molar-refractivity contribution is 5.76. The van der Waals surface area contributed by atoms with Gasteiger partial charge in [-0.05, 0) is 24.0 Å². The molecule has 1 unspecified atom stereocenters. The van der Waals surface area contributed by atoms with Crippen molar-refractivity contribution in [2.24, 2.45) is 0 Å². The van der Waals surface area contributed by atoms with Gasteiger partial charge >= 0.3 is 0 Å². The lowest BCUT2D eigenvalue weighted by Gasteiger charge is -2.28. The number of carbonyl (C=O) groups is 1. The first-order valence-electron chi connectivity index (χ1n) is 8.22. The number of nitrogens with one attached hydrogen (secondary N) is 1. The lowest BCUT2D eigenvalue weighted by atomic mass is 9.94. The Hall–Kier alpha value is -1.82. The third kappa shape index (κ3) is 3.75. The normalized spacial score (nSPS) is 18.6. The molecule has 2 aliphatic heterocycles. The summed E-state index contributed by atoms with van der Waals surface area (Å²) in [5, 5.41) is 3.23. The molecule has 1 amide bonds. The van der Waals surface area contributed by atoms with E-state index in [1.54, 1.807) is 6.07 Å². The highest BCUT2D eigenvalue weighted by Gasteiger charge is 2.21. The minimum atomic E-state index is -0.295. The standard InChI is InChI=1S/C17H23FN2O3/c1-12(2-3-17(21)20-6-4-19-5-7-20)13-10-15-16(11-14(13)18)23-9-8-22-15/h10-12,19H,2-9H2,1H3. The van der Waals surface area contributed by atoms with E-state index in [0.29, 0.717) is 43.1 Å². The molecule has 0 saturated carbocycles. The van der Waals surface area contributed by atoms with Gasteiger partial charge in [-0.1, -0.05) is 6.92 Å². The predicted molar refractivity (Wildman–Crippen MR) is 84.5 cm³/mol. The highest BCUT2D eigenvalue weighted by atomic mass is 19.1. The Morgan fingerprint density at radius 2 is 1.91 bits per heavy atom. The van der Waals surface area contributed by atoms with Crippen LogP contribution in [0.15, 0.2) is 12.1 Å². The number of ether oxygens (including phenoxy) is 2. The van der Waals surface area contributed by atoms with Crippen molar-refractivity contribution in [3.05, 3.63) is 23.5 Å². The van der Waals surface area contributed by atoms with Crippen molar-refractivity contribution in [3.8, 4) is 11.5 Å². The summed E-state index contributed by atoms with van der Waals surface area (Å²) in [7, 11) is 0. The number of benzene rings is 1. The summed E-state index contributed by atoms with van der Waals surface area (Å²) in [6, 6.07) is 3.10. The van der Waals surface area contributed by atoms with Crippen LogP contribution in [-0.2, 0) is 4.79 Å². The number of piperazine rings is 1. The van der Waals surface area contributed by atoms with Crippen LogP contribution in [0, 0.1) is 5.82 Å². The summed E-state index contributed by atoms with van der Waals surface area (Å²) in [5.74, 6) is 0.861. The van der Waals surface area contributed by atoms with Crippen molar-refractivity contribution < 1.29 is 18.7 Å². The van der Waals surface area contributed by atoms with Crippen LogP contribution in [-0.4, -0.2) is 50.2 Å². The molecular formula is C17H23FN2O3. The first-order chi connectivity index (χ1) is 11.1. The topological polar surface area (TPSA) is 50.8 Å². The Labute approximate surface area is 135 Å². The summed E-state index contributed by atoms with van der Waals surface area (Å²) in [4.78, 5) is 14.1. The minimum Gasteiger partial charge on any atom is -0.486 e. The molecule has 0 radical (unpaired) electrons. The minimum absolute atomic E-state index is 0.0438. The van der Waals surface area contributed by atoms with Gasteiger partial charge in [-0.3, -0.25) is 4.79 Å². The van der Waals surface area contributed by atoms with Crippen LogP contribution in [0.4, 0.5) is 4.39 Å². The van der Waals surface area contributed by atoms with E-state index in [2.05, 4.69) is 5.32 Å². The summed E-state index contributed by atoms with van der Waals surface area (Å²) in [5.41, 5.74) is 0.586. The molecule has 1 N–H and O–H groups in total. The van der Waals surface area contributed by atoms with Gasteiger partial charge in [0.05, 0.1) is 0 Å². The number of hydrogen-bond acceptors (Lipinski definition) is 4. The molecule has 1 fully saturated rings. The van der Waals surface area contributed by atoms with Crippen LogP contribution in [0.2, 0.25) is 0 Å². The average Bonchev–Trinajstić information content (AvgIpc) is 2.59. The lowest BCUT2D eigenvalue weighted by Crippen LogP contribution is -2.46. The third-order valence-electron chi connectivity index (χ3n) is 4.45. The molecule has 3 rings (SSSR count). The fraction of sp³-hybridized carbons (Fsp3) is 0.588. The zero-order valence-electron chi connectivity index (χ0n) is 13.4. The third-order valence-corrected chi connectivity index (χ3v) is 4.45. The number of halogens is 1. The van der Waals surface area contributed by atoms with Crippen molar-refractivity contribution >= 4 is 5.91 Å². The molecule has 1 aromatic carbocycles. The van der Waals surface area contributed by atoms with Crippen LogP contribution in [0.1, 0.15) is 31.2 Å². The quantitative estimate of drug-likeness (QED) is 0.920. The van der Waals surface area contributed by atoms with Crippen LogP contribution in [0.3, 0.4) is 0 Å². The molecule has 5 nitrogen and oxygen atoms in total. The SMILES string of the molecule is CC(CCC(=O)N1CCNCC1)c1cc2c(cc1F)OCCO2. The van der Waals surface area contributed by atoms with E-state index in [-0.39, 0.29) is 17.6 Å². The van der Waals surface area contributed by atoms with E-state index in [0.717, 1.165) is 26.2 Å². The Morgan fingerprint density at radius 1 is 1.26 bits per heavy atom. The average molecular weight is 322 g/mol.